The Kier molecular flexibility index (Phi) is 4.43. The number of hydrogen-bond acceptors (Lipinski definition) is 4. The molecule has 1 amide bonds. The highest BCUT2D eigenvalue weighted by Gasteiger charge is 2.43. The van der Waals surface area contributed by atoms with E-state index in [2.05, 4.69) is 16.3 Å². The van der Waals surface area contributed by atoms with Crippen LogP contribution in [0.25, 0.3) is 0 Å². The van der Waals surface area contributed by atoms with Gasteiger partial charge in [0.1, 0.15) is 5.54 Å². The highest BCUT2D eigenvalue weighted by atomic mass is 16.2. The third kappa shape index (κ3) is 3.46. The van der Waals surface area contributed by atoms with Crippen molar-refractivity contribution >= 4 is 5.91 Å². The average molecular weight is 264 g/mol. The lowest BCUT2D eigenvalue weighted by molar-refractivity contribution is -0.124. The van der Waals surface area contributed by atoms with Gasteiger partial charge >= 0.3 is 0 Å². The Morgan fingerprint density at radius 2 is 2.21 bits per heavy atom. The molecule has 106 valence electrons. The number of hydrogen-bond donors (Lipinski definition) is 2. The Hall–Kier alpha value is -1.12. The fourth-order valence-corrected chi connectivity index (χ4v) is 2.93. The minimum atomic E-state index is -0.689. The summed E-state index contributed by atoms with van der Waals surface area (Å²) in [6.45, 7) is 3.73. The van der Waals surface area contributed by atoms with Crippen molar-refractivity contribution in [2.45, 2.75) is 50.6 Å². The van der Waals surface area contributed by atoms with Crippen LogP contribution in [0.1, 0.15) is 39.0 Å². The predicted molar refractivity (Wildman–Crippen MR) is 73.2 cm³/mol. The van der Waals surface area contributed by atoms with Gasteiger partial charge in [0.05, 0.1) is 12.6 Å². The lowest BCUT2D eigenvalue weighted by Gasteiger charge is -2.35. The van der Waals surface area contributed by atoms with E-state index in [1.54, 1.807) is 0 Å². The van der Waals surface area contributed by atoms with Crippen LogP contribution < -0.4 is 11.1 Å². The number of carbonyl (C=O) groups is 1. The predicted octanol–water partition coefficient (Wildman–Crippen LogP) is 0.608. The van der Waals surface area contributed by atoms with Crippen LogP contribution >= 0.6 is 0 Å². The molecule has 0 aromatic heterocycles. The average Bonchev–Trinajstić information content (AvgIpc) is 3.23. The second-order valence-electron chi connectivity index (χ2n) is 5.99. The molecule has 1 saturated carbocycles. The standard InChI is InChI=1S/C14H24N4O/c1-14(10-16,11-5-6-11)17-13(19)9-18-7-3-2-4-12(18)8-15/h11-12H,2-9,15H2,1H3,(H,17,19). The van der Waals surface area contributed by atoms with E-state index in [-0.39, 0.29) is 5.91 Å². The number of likely N-dealkylation sites (tertiary alicyclic amines) is 1. The first-order chi connectivity index (χ1) is 9.09. The van der Waals surface area contributed by atoms with Gasteiger partial charge in [0, 0.05) is 12.6 Å². The van der Waals surface area contributed by atoms with Gasteiger partial charge in [-0.05, 0) is 45.1 Å². The van der Waals surface area contributed by atoms with E-state index in [0.717, 1.165) is 32.2 Å². The van der Waals surface area contributed by atoms with Crippen molar-refractivity contribution in [1.29, 1.82) is 5.26 Å². The maximum Gasteiger partial charge on any atom is 0.235 e. The van der Waals surface area contributed by atoms with Gasteiger partial charge in [-0.25, -0.2) is 0 Å². The molecule has 2 unspecified atom stereocenters. The van der Waals surface area contributed by atoms with E-state index in [4.69, 9.17) is 5.73 Å². The minimum Gasteiger partial charge on any atom is -0.337 e. The molecule has 0 radical (unpaired) electrons. The Morgan fingerprint density at radius 1 is 1.47 bits per heavy atom. The van der Waals surface area contributed by atoms with Gasteiger partial charge < -0.3 is 11.1 Å². The van der Waals surface area contributed by atoms with E-state index >= 15 is 0 Å². The first kappa shape index (κ1) is 14.3. The van der Waals surface area contributed by atoms with Gasteiger partial charge in [0.2, 0.25) is 5.91 Å². The van der Waals surface area contributed by atoms with E-state index < -0.39 is 5.54 Å². The minimum absolute atomic E-state index is 0.0451. The zero-order chi connectivity index (χ0) is 13.9. The van der Waals surface area contributed by atoms with Gasteiger partial charge in [0.15, 0.2) is 0 Å². The zero-order valence-corrected chi connectivity index (χ0v) is 11.7. The normalized spacial score (nSPS) is 27.3. The largest absolute Gasteiger partial charge is 0.337 e. The second kappa shape index (κ2) is 5.89. The van der Waals surface area contributed by atoms with E-state index in [1.165, 1.54) is 6.42 Å². The SMILES string of the molecule is CC(C#N)(NC(=O)CN1CCCCC1CN)C1CC1. The molecule has 1 aliphatic heterocycles. The second-order valence-corrected chi connectivity index (χ2v) is 5.99. The number of nitrogens with two attached hydrogens (primary N) is 1. The Bertz CT molecular complexity index is 374. The third-order valence-electron chi connectivity index (χ3n) is 4.39. The molecule has 2 aliphatic rings. The number of amides is 1. The van der Waals surface area contributed by atoms with Crippen LogP contribution in [0.3, 0.4) is 0 Å². The summed E-state index contributed by atoms with van der Waals surface area (Å²) in [7, 11) is 0. The molecular formula is C14H24N4O. The van der Waals surface area contributed by atoms with Crippen molar-refractivity contribution in [2.75, 3.05) is 19.6 Å². The molecule has 1 aliphatic carbocycles. The van der Waals surface area contributed by atoms with Gasteiger partial charge in [-0.15, -0.1) is 0 Å². The highest BCUT2D eigenvalue weighted by Crippen LogP contribution is 2.39. The van der Waals surface area contributed by atoms with E-state index in [0.29, 0.717) is 25.0 Å². The van der Waals surface area contributed by atoms with Crippen molar-refractivity contribution < 1.29 is 4.79 Å². The smallest absolute Gasteiger partial charge is 0.235 e. The Balaban J connectivity index is 1.88. The summed E-state index contributed by atoms with van der Waals surface area (Å²) < 4.78 is 0. The van der Waals surface area contributed by atoms with Crippen molar-refractivity contribution in [3.05, 3.63) is 0 Å². The summed E-state index contributed by atoms with van der Waals surface area (Å²) >= 11 is 0. The van der Waals surface area contributed by atoms with E-state index in [9.17, 15) is 10.1 Å². The summed E-state index contributed by atoms with van der Waals surface area (Å²) in [5, 5.41) is 12.2. The molecule has 2 fully saturated rings. The van der Waals surface area contributed by atoms with Crippen LogP contribution in [-0.4, -0.2) is 42.0 Å². The molecule has 0 bridgehead atoms. The third-order valence-corrected chi connectivity index (χ3v) is 4.39. The summed E-state index contributed by atoms with van der Waals surface area (Å²) in [4.78, 5) is 14.3. The van der Waals surface area contributed by atoms with Gasteiger partial charge in [0.25, 0.3) is 0 Å². The van der Waals surface area contributed by atoms with Crippen molar-refractivity contribution in [1.82, 2.24) is 10.2 Å². The maximum atomic E-state index is 12.1. The quantitative estimate of drug-likeness (QED) is 0.762. The monoisotopic (exact) mass is 264 g/mol. The van der Waals surface area contributed by atoms with Crippen molar-refractivity contribution in [3.8, 4) is 6.07 Å². The topological polar surface area (TPSA) is 82.2 Å². The molecule has 19 heavy (non-hydrogen) atoms. The summed E-state index contributed by atoms with van der Waals surface area (Å²) in [6.07, 6.45) is 5.47. The van der Waals surface area contributed by atoms with Crippen molar-refractivity contribution in [3.63, 3.8) is 0 Å². The number of nitriles is 1. The molecule has 1 heterocycles. The molecule has 3 N–H and O–H groups in total. The number of rotatable bonds is 5. The lowest BCUT2D eigenvalue weighted by Crippen LogP contribution is -2.53. The number of nitrogens with zero attached hydrogens (tertiary/aromatic N) is 2. The zero-order valence-electron chi connectivity index (χ0n) is 11.7. The number of nitrogens with one attached hydrogen (secondary N) is 1. The molecule has 1 saturated heterocycles. The van der Waals surface area contributed by atoms with Crippen LogP contribution in [-0.2, 0) is 4.79 Å². The molecule has 2 rings (SSSR count). The molecule has 0 aromatic rings. The molecular weight excluding hydrogens is 240 g/mol. The first-order valence-corrected chi connectivity index (χ1v) is 7.25. The highest BCUT2D eigenvalue weighted by molar-refractivity contribution is 5.79. The first-order valence-electron chi connectivity index (χ1n) is 7.25. The van der Waals surface area contributed by atoms with Crippen LogP contribution in [0.4, 0.5) is 0 Å². The van der Waals surface area contributed by atoms with Gasteiger partial charge in [-0.3, -0.25) is 9.69 Å². The number of carbonyl (C=O) groups excluding carboxylic acids is 1. The maximum absolute atomic E-state index is 12.1. The van der Waals surface area contributed by atoms with Crippen LogP contribution in [0, 0.1) is 17.2 Å². The summed E-state index contributed by atoms with van der Waals surface area (Å²) in [5.74, 6) is 0.282. The Morgan fingerprint density at radius 3 is 2.79 bits per heavy atom. The van der Waals surface area contributed by atoms with E-state index in [1.807, 2.05) is 6.92 Å². The molecule has 5 nitrogen and oxygen atoms in total. The lowest BCUT2D eigenvalue weighted by atomic mass is 9.97. The fraction of sp³-hybridized carbons (Fsp3) is 0.857. The molecule has 0 aromatic carbocycles. The molecule has 2 atom stereocenters. The van der Waals surface area contributed by atoms with Crippen LogP contribution in [0.5, 0.6) is 0 Å². The molecule has 5 heteroatoms. The number of piperidine rings is 1. The fourth-order valence-electron chi connectivity index (χ4n) is 2.93. The van der Waals surface area contributed by atoms with Crippen LogP contribution in [0.15, 0.2) is 0 Å². The summed E-state index contributed by atoms with van der Waals surface area (Å²) in [6, 6.07) is 2.57. The Labute approximate surface area is 115 Å². The van der Waals surface area contributed by atoms with Gasteiger partial charge in [-0.1, -0.05) is 6.42 Å². The molecule has 0 spiro atoms. The van der Waals surface area contributed by atoms with Crippen molar-refractivity contribution in [2.24, 2.45) is 11.7 Å². The van der Waals surface area contributed by atoms with Gasteiger partial charge in [-0.2, -0.15) is 5.26 Å². The van der Waals surface area contributed by atoms with Crippen LogP contribution in [0.2, 0.25) is 0 Å². The summed E-state index contributed by atoms with van der Waals surface area (Å²) in [5.41, 5.74) is 5.07.